The number of hydrogen-bond acceptors (Lipinski definition) is 6. The standard InChI is InChI=1S/C34H43NO6Si/c1-33(2,3)41-32(37)35-27(22-30(31(35)36)39-25-38-23-26-16-10-7-11-17-26)24-40-42(34(4,5)6,28-18-12-8-13-19-28)29-20-14-9-15-21-29/h7-21,27,30H,22-25H2,1-6H3/t27-,30-/m0/s1. The Labute approximate surface area is 250 Å². The van der Waals surface area contributed by atoms with Crippen LogP contribution in [0.4, 0.5) is 4.79 Å². The van der Waals surface area contributed by atoms with Gasteiger partial charge in [0.2, 0.25) is 0 Å². The van der Waals surface area contributed by atoms with Crippen molar-refractivity contribution in [1.82, 2.24) is 4.90 Å². The fourth-order valence-electron chi connectivity index (χ4n) is 5.47. The van der Waals surface area contributed by atoms with E-state index in [-0.39, 0.29) is 24.9 Å². The molecule has 4 rings (SSSR count). The first-order chi connectivity index (χ1) is 19.9. The summed E-state index contributed by atoms with van der Waals surface area (Å²) in [7, 11) is -2.90. The molecule has 1 aliphatic heterocycles. The molecule has 0 N–H and O–H groups in total. The van der Waals surface area contributed by atoms with Crippen LogP contribution in [0.1, 0.15) is 53.5 Å². The molecule has 0 bridgehead atoms. The molecule has 224 valence electrons. The van der Waals surface area contributed by atoms with E-state index in [4.69, 9.17) is 18.6 Å². The molecule has 0 radical (unpaired) electrons. The Kier molecular flexibility index (Phi) is 10.0. The van der Waals surface area contributed by atoms with Crippen molar-refractivity contribution < 1.29 is 28.2 Å². The smallest absolute Gasteiger partial charge is 0.417 e. The number of carbonyl (C=O) groups is 2. The summed E-state index contributed by atoms with van der Waals surface area (Å²) in [4.78, 5) is 28.1. The number of rotatable bonds is 10. The third-order valence-corrected chi connectivity index (χ3v) is 12.3. The average molecular weight is 590 g/mol. The quantitative estimate of drug-likeness (QED) is 0.173. The summed E-state index contributed by atoms with van der Waals surface area (Å²) in [5, 5.41) is 1.99. The summed E-state index contributed by atoms with van der Waals surface area (Å²) < 4.78 is 24.3. The molecule has 1 saturated heterocycles. The lowest BCUT2D eigenvalue weighted by molar-refractivity contribution is -0.147. The molecule has 1 heterocycles. The van der Waals surface area contributed by atoms with E-state index in [0.29, 0.717) is 6.61 Å². The summed E-state index contributed by atoms with van der Waals surface area (Å²) >= 11 is 0. The molecule has 0 aliphatic carbocycles. The monoisotopic (exact) mass is 589 g/mol. The van der Waals surface area contributed by atoms with E-state index in [0.717, 1.165) is 15.9 Å². The zero-order valence-corrected chi connectivity index (χ0v) is 26.5. The van der Waals surface area contributed by atoms with E-state index in [9.17, 15) is 9.59 Å². The van der Waals surface area contributed by atoms with E-state index in [1.54, 1.807) is 20.8 Å². The van der Waals surface area contributed by atoms with Crippen LogP contribution >= 0.6 is 0 Å². The fraction of sp³-hybridized carbons (Fsp3) is 0.412. The number of benzene rings is 3. The Balaban J connectivity index is 1.59. The van der Waals surface area contributed by atoms with Crippen molar-refractivity contribution in [2.24, 2.45) is 0 Å². The number of amides is 2. The van der Waals surface area contributed by atoms with E-state index in [1.807, 2.05) is 66.7 Å². The maximum Gasteiger partial charge on any atom is 0.417 e. The first-order valence-electron chi connectivity index (χ1n) is 14.5. The molecule has 0 aromatic heterocycles. The van der Waals surface area contributed by atoms with Crippen LogP contribution in [-0.2, 0) is 30.0 Å². The number of carbonyl (C=O) groups excluding carboxylic acids is 2. The summed E-state index contributed by atoms with van der Waals surface area (Å²) in [6.07, 6.45) is -1.26. The summed E-state index contributed by atoms with van der Waals surface area (Å²) in [5.41, 5.74) is 0.240. The zero-order chi connectivity index (χ0) is 30.4. The molecule has 8 heteroatoms. The number of nitrogens with zero attached hydrogens (tertiary/aromatic N) is 1. The summed E-state index contributed by atoms with van der Waals surface area (Å²) in [6.45, 7) is 12.4. The Morgan fingerprint density at radius 2 is 1.36 bits per heavy atom. The highest BCUT2D eigenvalue weighted by molar-refractivity contribution is 6.99. The molecule has 1 aliphatic rings. The first-order valence-corrected chi connectivity index (χ1v) is 16.4. The SMILES string of the molecule is CC(C)(C)OC(=O)N1C(=O)[C@@H](OCOCc2ccccc2)C[C@H]1CO[Si](c1ccccc1)(c1ccccc1)C(C)(C)C. The highest BCUT2D eigenvalue weighted by atomic mass is 28.4. The Morgan fingerprint density at radius 3 is 1.86 bits per heavy atom. The van der Waals surface area contributed by atoms with Gasteiger partial charge in [-0.05, 0) is 41.7 Å². The molecule has 3 aromatic rings. The fourth-order valence-corrected chi connectivity index (χ4v) is 10.1. The lowest BCUT2D eigenvalue weighted by Crippen LogP contribution is -2.67. The highest BCUT2D eigenvalue weighted by Gasteiger charge is 2.52. The van der Waals surface area contributed by atoms with Gasteiger partial charge < -0.3 is 18.6 Å². The first kappa shape index (κ1) is 31.6. The van der Waals surface area contributed by atoms with Crippen molar-refractivity contribution in [3.63, 3.8) is 0 Å². The van der Waals surface area contributed by atoms with Gasteiger partial charge >= 0.3 is 6.09 Å². The van der Waals surface area contributed by atoms with E-state index >= 15 is 0 Å². The largest absolute Gasteiger partial charge is 0.443 e. The second-order valence-corrected chi connectivity index (χ2v) is 17.0. The van der Waals surface area contributed by atoms with Gasteiger partial charge in [-0.1, -0.05) is 112 Å². The van der Waals surface area contributed by atoms with Crippen LogP contribution in [0.25, 0.3) is 0 Å². The Morgan fingerprint density at radius 1 is 0.833 bits per heavy atom. The minimum absolute atomic E-state index is 0.0737. The number of likely N-dealkylation sites (tertiary alicyclic amines) is 1. The minimum Gasteiger partial charge on any atom is -0.443 e. The summed E-state index contributed by atoms with van der Waals surface area (Å²) in [6, 6.07) is 29.8. The molecule has 0 spiro atoms. The van der Waals surface area contributed by atoms with Gasteiger partial charge in [-0.25, -0.2) is 9.69 Å². The number of imide groups is 1. The van der Waals surface area contributed by atoms with Crippen LogP contribution in [0.5, 0.6) is 0 Å². The molecule has 2 atom stereocenters. The van der Waals surface area contributed by atoms with Crippen molar-refractivity contribution in [2.45, 2.75) is 77.4 Å². The van der Waals surface area contributed by atoms with Crippen molar-refractivity contribution in [3.8, 4) is 0 Å². The normalized spacial score (nSPS) is 17.9. The second kappa shape index (κ2) is 13.3. The highest BCUT2D eigenvalue weighted by Crippen LogP contribution is 2.37. The predicted molar refractivity (Wildman–Crippen MR) is 166 cm³/mol. The molecule has 2 amide bonds. The van der Waals surface area contributed by atoms with E-state index in [2.05, 4.69) is 45.0 Å². The van der Waals surface area contributed by atoms with Crippen molar-refractivity contribution >= 4 is 30.7 Å². The van der Waals surface area contributed by atoms with Gasteiger partial charge in [-0.15, -0.1) is 0 Å². The number of hydrogen-bond donors (Lipinski definition) is 0. The van der Waals surface area contributed by atoms with Gasteiger partial charge in [0, 0.05) is 6.42 Å². The molecule has 0 unspecified atom stereocenters. The summed E-state index contributed by atoms with van der Waals surface area (Å²) in [5.74, 6) is -0.441. The Bertz CT molecular complexity index is 1270. The topological polar surface area (TPSA) is 74.3 Å². The third kappa shape index (κ3) is 7.36. The minimum atomic E-state index is -2.90. The molecular weight excluding hydrogens is 546 g/mol. The van der Waals surface area contributed by atoms with Crippen LogP contribution in [0.3, 0.4) is 0 Å². The number of ether oxygens (including phenoxy) is 3. The molecule has 1 fully saturated rings. The molecule has 42 heavy (non-hydrogen) atoms. The van der Waals surface area contributed by atoms with Gasteiger partial charge in [-0.3, -0.25) is 4.79 Å². The molecular formula is C34H43NO6Si. The molecule has 3 aromatic carbocycles. The lowest BCUT2D eigenvalue weighted by atomic mass is 10.2. The van der Waals surface area contributed by atoms with Crippen molar-refractivity contribution in [3.05, 3.63) is 96.6 Å². The van der Waals surface area contributed by atoms with Crippen LogP contribution in [0.2, 0.25) is 5.04 Å². The van der Waals surface area contributed by atoms with Crippen LogP contribution in [-0.4, -0.2) is 56.4 Å². The van der Waals surface area contributed by atoms with E-state index < -0.39 is 38.1 Å². The van der Waals surface area contributed by atoms with Crippen LogP contribution < -0.4 is 10.4 Å². The van der Waals surface area contributed by atoms with Crippen molar-refractivity contribution in [1.29, 1.82) is 0 Å². The van der Waals surface area contributed by atoms with Crippen molar-refractivity contribution in [2.75, 3.05) is 13.4 Å². The van der Waals surface area contributed by atoms with Crippen LogP contribution in [0.15, 0.2) is 91.0 Å². The maximum absolute atomic E-state index is 13.6. The maximum atomic E-state index is 13.6. The lowest BCUT2D eigenvalue weighted by Gasteiger charge is -2.43. The Hall–Kier alpha value is -3.30. The molecule has 0 saturated carbocycles. The van der Waals surface area contributed by atoms with E-state index in [1.165, 1.54) is 4.90 Å². The van der Waals surface area contributed by atoms with Gasteiger partial charge in [0.05, 0.1) is 19.3 Å². The predicted octanol–water partition coefficient (Wildman–Crippen LogP) is 5.66. The molecule has 7 nitrogen and oxygen atoms in total. The van der Waals surface area contributed by atoms with Gasteiger partial charge in [-0.2, -0.15) is 0 Å². The second-order valence-electron chi connectivity index (χ2n) is 12.7. The van der Waals surface area contributed by atoms with Gasteiger partial charge in [0.15, 0.2) is 0 Å². The average Bonchev–Trinajstić information content (AvgIpc) is 3.26. The third-order valence-electron chi connectivity index (χ3n) is 7.33. The zero-order valence-electron chi connectivity index (χ0n) is 25.5. The van der Waals surface area contributed by atoms with Crippen LogP contribution in [0, 0.1) is 0 Å². The van der Waals surface area contributed by atoms with Gasteiger partial charge in [0.1, 0.15) is 18.5 Å². The van der Waals surface area contributed by atoms with Gasteiger partial charge in [0.25, 0.3) is 14.2 Å².